The highest BCUT2D eigenvalue weighted by molar-refractivity contribution is 5.26. The molecule has 4 heteroatoms. The van der Waals surface area contributed by atoms with Crippen molar-refractivity contribution in [3.63, 3.8) is 0 Å². The van der Waals surface area contributed by atoms with Crippen molar-refractivity contribution in [2.75, 3.05) is 13.7 Å². The third-order valence-electron chi connectivity index (χ3n) is 2.97. The lowest BCUT2D eigenvalue weighted by Gasteiger charge is -2.15. The van der Waals surface area contributed by atoms with Gasteiger partial charge in [0, 0.05) is 20.3 Å². The monoisotopic (exact) mass is 245 g/mol. The zero-order valence-corrected chi connectivity index (χ0v) is 10.6. The van der Waals surface area contributed by atoms with Crippen LogP contribution < -0.4 is 5.73 Å². The fraction of sp³-hybridized carbons (Fsp3) is 0.357. The minimum Gasteiger partial charge on any atom is -0.385 e. The highest BCUT2D eigenvalue weighted by atomic mass is 16.5. The Kier molecular flexibility index (Phi) is 4.50. The first-order chi connectivity index (χ1) is 8.83. The lowest BCUT2D eigenvalue weighted by Crippen LogP contribution is -2.17. The maximum Gasteiger partial charge on any atom is 0.0948 e. The molecule has 0 radical (unpaired) electrons. The Hall–Kier alpha value is -1.65. The fourth-order valence-corrected chi connectivity index (χ4v) is 1.99. The lowest BCUT2D eigenvalue weighted by atomic mass is 10.1. The quantitative estimate of drug-likeness (QED) is 0.792. The van der Waals surface area contributed by atoms with Gasteiger partial charge in [0.15, 0.2) is 0 Å². The highest BCUT2D eigenvalue weighted by Gasteiger charge is 2.13. The predicted octanol–water partition coefficient (Wildman–Crippen LogP) is 1.97. The summed E-state index contributed by atoms with van der Waals surface area (Å²) < 4.78 is 7.15. The van der Waals surface area contributed by atoms with Gasteiger partial charge in [-0.2, -0.15) is 0 Å². The Bertz CT molecular complexity index is 467. The Labute approximate surface area is 107 Å². The molecule has 96 valence electrons. The van der Waals surface area contributed by atoms with Gasteiger partial charge in [0.05, 0.1) is 24.3 Å². The van der Waals surface area contributed by atoms with Gasteiger partial charge in [0.2, 0.25) is 0 Å². The zero-order valence-electron chi connectivity index (χ0n) is 10.6. The fourth-order valence-electron chi connectivity index (χ4n) is 1.99. The first-order valence-electron chi connectivity index (χ1n) is 6.12. The molecular weight excluding hydrogens is 226 g/mol. The molecule has 1 heterocycles. The normalized spacial score (nSPS) is 12.6. The molecule has 0 aliphatic carbocycles. The van der Waals surface area contributed by atoms with Crippen LogP contribution in [0.5, 0.6) is 0 Å². The molecule has 18 heavy (non-hydrogen) atoms. The van der Waals surface area contributed by atoms with Crippen LogP contribution in [0.25, 0.3) is 0 Å². The molecule has 0 amide bonds. The number of aromatic nitrogens is 2. The predicted molar refractivity (Wildman–Crippen MR) is 71.2 cm³/mol. The van der Waals surface area contributed by atoms with Crippen molar-refractivity contribution in [3.05, 3.63) is 54.1 Å². The number of imidazole rings is 1. The summed E-state index contributed by atoms with van der Waals surface area (Å²) in [4.78, 5) is 4.19. The summed E-state index contributed by atoms with van der Waals surface area (Å²) in [6.45, 7) is 1.63. The van der Waals surface area contributed by atoms with Gasteiger partial charge in [0.25, 0.3) is 0 Å². The average Bonchev–Trinajstić information content (AvgIpc) is 2.88. The summed E-state index contributed by atoms with van der Waals surface area (Å²) in [5.74, 6) is 0. The van der Waals surface area contributed by atoms with Crippen LogP contribution in [0.15, 0.2) is 42.9 Å². The summed E-state index contributed by atoms with van der Waals surface area (Å²) in [7, 11) is 1.71. The van der Waals surface area contributed by atoms with E-state index in [0.717, 1.165) is 30.8 Å². The number of nitrogens with two attached hydrogens (primary N) is 1. The van der Waals surface area contributed by atoms with Crippen molar-refractivity contribution < 1.29 is 4.74 Å². The van der Waals surface area contributed by atoms with E-state index in [1.165, 1.54) is 0 Å². The number of rotatable bonds is 6. The van der Waals surface area contributed by atoms with Gasteiger partial charge in [-0.3, -0.25) is 0 Å². The van der Waals surface area contributed by atoms with E-state index in [1.54, 1.807) is 7.11 Å². The van der Waals surface area contributed by atoms with E-state index in [-0.39, 0.29) is 6.04 Å². The third kappa shape index (κ3) is 2.97. The standard InChI is InChI=1S/C14H19N3O/c1-18-9-5-8-17-11-16-10-13(17)14(15)12-6-3-2-4-7-12/h2-4,6-7,10-11,14H,5,8-9,15H2,1H3. The van der Waals surface area contributed by atoms with Gasteiger partial charge in [-0.25, -0.2) is 4.98 Å². The Morgan fingerprint density at radius 3 is 2.83 bits per heavy atom. The first-order valence-corrected chi connectivity index (χ1v) is 6.12. The molecule has 0 aliphatic heterocycles. The van der Waals surface area contributed by atoms with E-state index in [0.29, 0.717) is 0 Å². The minimum atomic E-state index is -0.128. The van der Waals surface area contributed by atoms with Crippen LogP contribution in [-0.2, 0) is 11.3 Å². The summed E-state index contributed by atoms with van der Waals surface area (Å²) in [6, 6.07) is 9.94. The second-order valence-electron chi connectivity index (χ2n) is 4.25. The molecule has 0 bridgehead atoms. The highest BCUT2D eigenvalue weighted by Crippen LogP contribution is 2.19. The molecule has 4 nitrogen and oxygen atoms in total. The molecule has 1 aromatic carbocycles. The van der Waals surface area contributed by atoms with Crippen molar-refractivity contribution in [1.29, 1.82) is 0 Å². The first kappa shape index (κ1) is 12.8. The number of hydrogen-bond acceptors (Lipinski definition) is 3. The van der Waals surface area contributed by atoms with Crippen LogP contribution >= 0.6 is 0 Å². The molecule has 0 fully saturated rings. The van der Waals surface area contributed by atoms with Crippen molar-refractivity contribution in [3.8, 4) is 0 Å². The SMILES string of the molecule is COCCCn1cncc1C(N)c1ccccc1. The number of nitrogens with zero attached hydrogens (tertiary/aromatic N) is 2. The molecule has 0 saturated heterocycles. The van der Waals surface area contributed by atoms with Crippen LogP contribution in [0, 0.1) is 0 Å². The van der Waals surface area contributed by atoms with E-state index >= 15 is 0 Å². The van der Waals surface area contributed by atoms with Crippen LogP contribution in [0.1, 0.15) is 23.7 Å². The van der Waals surface area contributed by atoms with Gasteiger partial charge in [0.1, 0.15) is 0 Å². The van der Waals surface area contributed by atoms with E-state index in [1.807, 2.05) is 42.9 Å². The smallest absolute Gasteiger partial charge is 0.0948 e. The zero-order chi connectivity index (χ0) is 12.8. The maximum absolute atomic E-state index is 6.27. The van der Waals surface area contributed by atoms with Crippen molar-refractivity contribution in [2.45, 2.75) is 19.0 Å². The van der Waals surface area contributed by atoms with Crippen LogP contribution in [0.4, 0.5) is 0 Å². The third-order valence-corrected chi connectivity index (χ3v) is 2.97. The number of hydrogen-bond donors (Lipinski definition) is 1. The summed E-state index contributed by atoms with van der Waals surface area (Å²) >= 11 is 0. The Morgan fingerprint density at radius 2 is 2.11 bits per heavy atom. The van der Waals surface area contributed by atoms with Crippen LogP contribution in [-0.4, -0.2) is 23.3 Å². The topological polar surface area (TPSA) is 53.1 Å². The Balaban J connectivity index is 2.11. The van der Waals surface area contributed by atoms with Gasteiger partial charge in [-0.15, -0.1) is 0 Å². The van der Waals surface area contributed by atoms with Crippen molar-refractivity contribution >= 4 is 0 Å². The number of aryl methyl sites for hydroxylation is 1. The van der Waals surface area contributed by atoms with Crippen molar-refractivity contribution in [1.82, 2.24) is 9.55 Å². The average molecular weight is 245 g/mol. The minimum absolute atomic E-state index is 0.128. The second kappa shape index (κ2) is 6.33. The number of ether oxygens (including phenoxy) is 1. The van der Waals surface area contributed by atoms with E-state index in [2.05, 4.69) is 9.55 Å². The maximum atomic E-state index is 6.27. The largest absolute Gasteiger partial charge is 0.385 e. The molecular formula is C14H19N3O. The summed E-state index contributed by atoms with van der Waals surface area (Å²) in [5.41, 5.74) is 8.42. The van der Waals surface area contributed by atoms with Gasteiger partial charge in [-0.1, -0.05) is 30.3 Å². The van der Waals surface area contributed by atoms with E-state index < -0.39 is 0 Å². The molecule has 2 N–H and O–H groups in total. The molecule has 1 aromatic heterocycles. The summed E-state index contributed by atoms with van der Waals surface area (Å²) in [5, 5.41) is 0. The molecule has 0 spiro atoms. The van der Waals surface area contributed by atoms with Gasteiger partial charge >= 0.3 is 0 Å². The van der Waals surface area contributed by atoms with E-state index in [4.69, 9.17) is 10.5 Å². The molecule has 0 saturated carbocycles. The van der Waals surface area contributed by atoms with Crippen molar-refractivity contribution in [2.24, 2.45) is 5.73 Å². The summed E-state index contributed by atoms with van der Waals surface area (Å²) in [6.07, 6.45) is 4.62. The Morgan fingerprint density at radius 1 is 1.33 bits per heavy atom. The molecule has 2 rings (SSSR count). The molecule has 0 aliphatic rings. The number of methoxy groups -OCH3 is 1. The number of benzene rings is 1. The van der Waals surface area contributed by atoms with E-state index in [9.17, 15) is 0 Å². The molecule has 1 atom stereocenters. The van der Waals surface area contributed by atoms with Crippen LogP contribution in [0.2, 0.25) is 0 Å². The van der Waals surface area contributed by atoms with Gasteiger partial charge < -0.3 is 15.0 Å². The van der Waals surface area contributed by atoms with Crippen LogP contribution in [0.3, 0.4) is 0 Å². The molecule has 2 aromatic rings. The lowest BCUT2D eigenvalue weighted by molar-refractivity contribution is 0.190. The second-order valence-corrected chi connectivity index (χ2v) is 4.25. The van der Waals surface area contributed by atoms with Gasteiger partial charge in [-0.05, 0) is 12.0 Å². The molecule has 1 unspecified atom stereocenters.